The fourth-order valence-corrected chi connectivity index (χ4v) is 6.09. The van der Waals surface area contributed by atoms with Gasteiger partial charge in [0.15, 0.2) is 0 Å². The maximum atomic E-state index is 13.0. The van der Waals surface area contributed by atoms with Crippen LogP contribution in [0.25, 0.3) is 0 Å². The van der Waals surface area contributed by atoms with E-state index in [1.165, 1.54) is 16.4 Å². The van der Waals surface area contributed by atoms with Gasteiger partial charge >= 0.3 is 0 Å². The molecule has 1 saturated carbocycles. The topological polar surface area (TPSA) is 99.7 Å². The number of nitrogens with one attached hydrogen (secondary N) is 1. The molecule has 1 unspecified atom stereocenters. The van der Waals surface area contributed by atoms with E-state index in [1.54, 1.807) is 4.90 Å². The number of pyridine rings is 1. The molecule has 1 aliphatic carbocycles. The predicted molar refractivity (Wildman–Crippen MR) is 103 cm³/mol. The van der Waals surface area contributed by atoms with Crippen molar-refractivity contribution in [2.24, 2.45) is 11.8 Å². The van der Waals surface area contributed by atoms with Crippen molar-refractivity contribution < 1.29 is 22.4 Å². The summed E-state index contributed by atoms with van der Waals surface area (Å²) in [5.74, 6) is -0.727. The van der Waals surface area contributed by atoms with Gasteiger partial charge in [-0.25, -0.2) is 17.8 Å². The number of carbonyl (C=O) groups is 2. The van der Waals surface area contributed by atoms with E-state index in [1.807, 2.05) is 0 Å². The maximum absolute atomic E-state index is 13.0. The lowest BCUT2D eigenvalue weighted by Crippen LogP contribution is -2.57. The van der Waals surface area contributed by atoms with Gasteiger partial charge in [-0.2, -0.15) is 4.31 Å². The normalized spacial score (nSPS) is 29.8. The van der Waals surface area contributed by atoms with Gasteiger partial charge in [0, 0.05) is 25.7 Å². The number of hydrogen-bond donors (Lipinski definition) is 1. The molecule has 3 heterocycles. The monoisotopic (exact) mass is 424 g/mol. The first-order valence-electron chi connectivity index (χ1n) is 9.92. The highest BCUT2D eigenvalue weighted by Gasteiger charge is 2.47. The van der Waals surface area contributed by atoms with Crippen LogP contribution in [0.15, 0.2) is 18.3 Å². The molecule has 3 aliphatic rings. The fourth-order valence-electron chi connectivity index (χ4n) is 4.97. The van der Waals surface area contributed by atoms with Gasteiger partial charge < -0.3 is 10.2 Å². The van der Waals surface area contributed by atoms with E-state index >= 15 is 0 Å². The first-order valence-corrected chi connectivity index (χ1v) is 11.8. The van der Waals surface area contributed by atoms with Crippen molar-refractivity contribution in [3.05, 3.63) is 29.8 Å². The van der Waals surface area contributed by atoms with Gasteiger partial charge in [0.25, 0.3) is 5.91 Å². The molecule has 1 aromatic rings. The number of sulfonamides is 1. The molecule has 4 rings (SSSR count). The fraction of sp³-hybridized carbons (Fsp3) is 0.632. The van der Waals surface area contributed by atoms with Crippen LogP contribution in [0.2, 0.25) is 0 Å². The van der Waals surface area contributed by atoms with Crippen LogP contribution in [0.4, 0.5) is 4.39 Å². The Bertz CT molecular complexity index is 893. The molecule has 4 atom stereocenters. The molecular formula is C19H25FN4O4S. The number of hydrogen-bond acceptors (Lipinski definition) is 5. The van der Waals surface area contributed by atoms with Crippen LogP contribution in [0.5, 0.6) is 0 Å². The molecule has 0 radical (unpaired) electrons. The van der Waals surface area contributed by atoms with Crippen molar-refractivity contribution in [2.45, 2.75) is 37.8 Å². The zero-order valence-electron chi connectivity index (χ0n) is 16.3. The zero-order chi connectivity index (χ0) is 20.8. The molecular weight excluding hydrogens is 399 g/mol. The van der Waals surface area contributed by atoms with Crippen LogP contribution in [-0.2, 0) is 14.8 Å². The van der Waals surface area contributed by atoms with Crippen LogP contribution in [0.1, 0.15) is 36.2 Å². The Kier molecular flexibility index (Phi) is 5.32. The van der Waals surface area contributed by atoms with Crippen LogP contribution >= 0.6 is 0 Å². The Balaban J connectivity index is 1.42. The third-order valence-corrected chi connectivity index (χ3v) is 7.61. The molecule has 10 heteroatoms. The summed E-state index contributed by atoms with van der Waals surface area (Å²) in [5.41, 5.74) is 0.166. The predicted octanol–water partition coefficient (Wildman–Crippen LogP) is 0.612. The second kappa shape index (κ2) is 7.64. The van der Waals surface area contributed by atoms with Crippen molar-refractivity contribution in [1.82, 2.24) is 19.5 Å². The number of fused-ring (bicyclic) bond motifs is 2. The van der Waals surface area contributed by atoms with Gasteiger partial charge in [0.1, 0.15) is 17.6 Å². The summed E-state index contributed by atoms with van der Waals surface area (Å²) in [6.45, 7) is 1.40. The molecule has 158 valence electrons. The third-order valence-electron chi connectivity index (χ3n) is 6.32. The first kappa shape index (κ1) is 20.2. The highest BCUT2D eigenvalue weighted by molar-refractivity contribution is 7.88. The lowest BCUT2D eigenvalue weighted by molar-refractivity contribution is -0.137. The average Bonchev–Trinajstić information content (AvgIpc) is 3.24. The van der Waals surface area contributed by atoms with E-state index < -0.39 is 21.9 Å². The van der Waals surface area contributed by atoms with Crippen molar-refractivity contribution in [3.8, 4) is 0 Å². The molecule has 2 saturated heterocycles. The average molecular weight is 424 g/mol. The van der Waals surface area contributed by atoms with E-state index in [0.29, 0.717) is 32.5 Å². The summed E-state index contributed by atoms with van der Waals surface area (Å²) < 4.78 is 38.3. The summed E-state index contributed by atoms with van der Waals surface area (Å²) >= 11 is 0. The molecule has 29 heavy (non-hydrogen) atoms. The molecule has 3 fully saturated rings. The summed E-state index contributed by atoms with van der Waals surface area (Å²) in [7, 11) is -3.41. The quantitative estimate of drug-likeness (QED) is 0.764. The van der Waals surface area contributed by atoms with E-state index in [2.05, 4.69) is 10.3 Å². The summed E-state index contributed by atoms with van der Waals surface area (Å²) in [4.78, 5) is 31.1. The van der Waals surface area contributed by atoms with Crippen LogP contribution in [0, 0.1) is 17.7 Å². The smallest absolute Gasteiger partial charge is 0.270 e. The number of halogens is 1. The SMILES string of the molecule is CS(=O)(=O)N1CCC[C@H]1C(=O)N1C[C@H]2CC[C@@H](C1)C2NC(=O)c1ccc(F)cn1. The molecule has 2 bridgehead atoms. The van der Waals surface area contributed by atoms with Gasteiger partial charge in [-0.05, 0) is 49.7 Å². The number of likely N-dealkylation sites (tertiary alicyclic amines) is 1. The lowest BCUT2D eigenvalue weighted by Gasteiger charge is -2.40. The number of carbonyl (C=O) groups excluding carboxylic acids is 2. The molecule has 2 amide bonds. The molecule has 1 aromatic heterocycles. The third kappa shape index (κ3) is 4.00. The minimum Gasteiger partial charge on any atom is -0.347 e. The van der Waals surface area contributed by atoms with Crippen LogP contribution in [0.3, 0.4) is 0 Å². The number of aromatic nitrogens is 1. The summed E-state index contributed by atoms with van der Waals surface area (Å²) in [6, 6.07) is 1.88. The summed E-state index contributed by atoms with van der Waals surface area (Å²) in [6.07, 6.45) is 5.20. The largest absolute Gasteiger partial charge is 0.347 e. The van der Waals surface area contributed by atoms with Crippen molar-refractivity contribution in [3.63, 3.8) is 0 Å². The van der Waals surface area contributed by atoms with Crippen molar-refractivity contribution >= 4 is 21.8 Å². The van der Waals surface area contributed by atoms with E-state index in [0.717, 1.165) is 25.3 Å². The van der Waals surface area contributed by atoms with Gasteiger partial charge in [0.2, 0.25) is 15.9 Å². The second-order valence-corrected chi connectivity index (χ2v) is 10.2. The molecule has 0 spiro atoms. The highest BCUT2D eigenvalue weighted by Crippen LogP contribution is 2.38. The lowest BCUT2D eigenvalue weighted by atomic mass is 9.91. The Hall–Kier alpha value is -2.07. The van der Waals surface area contributed by atoms with Crippen LogP contribution < -0.4 is 5.32 Å². The first-order chi connectivity index (χ1) is 13.7. The van der Waals surface area contributed by atoms with Crippen molar-refractivity contribution in [2.75, 3.05) is 25.9 Å². The second-order valence-electron chi connectivity index (χ2n) is 8.23. The Morgan fingerprint density at radius 2 is 1.86 bits per heavy atom. The number of piperidine rings is 1. The van der Waals surface area contributed by atoms with Gasteiger partial charge in [-0.15, -0.1) is 0 Å². The Morgan fingerprint density at radius 3 is 2.45 bits per heavy atom. The van der Waals surface area contributed by atoms with E-state index in [4.69, 9.17) is 0 Å². The highest BCUT2D eigenvalue weighted by atomic mass is 32.2. The number of amides is 2. The Morgan fingerprint density at radius 1 is 1.17 bits per heavy atom. The van der Waals surface area contributed by atoms with Crippen LogP contribution in [-0.4, -0.2) is 72.4 Å². The summed E-state index contributed by atoms with van der Waals surface area (Å²) in [5, 5.41) is 3.01. The Labute approximate surface area is 169 Å². The zero-order valence-corrected chi connectivity index (χ0v) is 17.1. The minimum atomic E-state index is -3.41. The van der Waals surface area contributed by atoms with Gasteiger partial charge in [0.05, 0.1) is 12.5 Å². The molecule has 2 aliphatic heterocycles. The minimum absolute atomic E-state index is 0.0620. The molecule has 8 nitrogen and oxygen atoms in total. The van der Waals surface area contributed by atoms with Gasteiger partial charge in [-0.1, -0.05) is 0 Å². The molecule has 0 aromatic carbocycles. The maximum Gasteiger partial charge on any atom is 0.270 e. The van der Waals surface area contributed by atoms with Crippen molar-refractivity contribution in [1.29, 1.82) is 0 Å². The standard InChI is InChI=1S/C19H25FN4O4S/c1-29(27,28)24-8-2-3-16(24)19(26)23-10-12-4-5-13(11-23)17(12)22-18(25)15-7-6-14(20)9-21-15/h6-7,9,12-13,16-17H,2-5,8,10-11H2,1H3,(H,22,25)/t12-,13+,16-,17?/m0/s1. The number of nitrogens with zero attached hydrogens (tertiary/aromatic N) is 3. The van der Waals surface area contributed by atoms with E-state index in [9.17, 15) is 22.4 Å². The van der Waals surface area contributed by atoms with Gasteiger partial charge in [-0.3, -0.25) is 9.59 Å². The molecule has 1 N–H and O–H groups in total. The van der Waals surface area contributed by atoms with E-state index in [-0.39, 0.29) is 35.4 Å². The number of rotatable bonds is 4.